The number of fused-ring (bicyclic) bond motifs is 1. The highest BCUT2D eigenvalue weighted by molar-refractivity contribution is 7.11. The number of nitrogens with one attached hydrogen (secondary N) is 1. The largest absolute Gasteiger partial charge is 0.375 e. The van der Waals surface area contributed by atoms with Crippen molar-refractivity contribution in [1.82, 2.24) is 14.2 Å². The third-order valence-corrected chi connectivity index (χ3v) is 3.65. The van der Waals surface area contributed by atoms with Gasteiger partial charge in [0.05, 0.1) is 11.2 Å². The van der Waals surface area contributed by atoms with E-state index in [2.05, 4.69) is 20.9 Å². The summed E-state index contributed by atoms with van der Waals surface area (Å²) in [7, 11) is 1.94. The number of rotatable bonds is 4. The van der Waals surface area contributed by atoms with E-state index in [0.717, 1.165) is 29.2 Å². The van der Waals surface area contributed by atoms with Gasteiger partial charge in [-0.3, -0.25) is 4.68 Å². The molecule has 2 heterocycles. The van der Waals surface area contributed by atoms with E-state index in [-0.39, 0.29) is 0 Å². The molecule has 0 aliphatic carbocycles. The van der Waals surface area contributed by atoms with Crippen molar-refractivity contribution in [3.63, 3.8) is 0 Å². The van der Waals surface area contributed by atoms with Crippen LogP contribution in [0.5, 0.6) is 0 Å². The molecule has 1 aromatic carbocycles. The molecule has 2 aromatic heterocycles. The number of hydrogen-bond acceptors (Lipinski definition) is 4. The Morgan fingerprint density at radius 1 is 1.28 bits per heavy atom. The fraction of sp³-hybridized carbons (Fsp3) is 0.231. The maximum atomic E-state index is 4.41. The summed E-state index contributed by atoms with van der Waals surface area (Å²) in [5.74, 6) is 0. The Kier molecular flexibility index (Phi) is 2.98. The second-order valence-electron chi connectivity index (χ2n) is 4.19. The molecule has 3 aromatic rings. The second-order valence-corrected chi connectivity index (χ2v) is 4.96. The molecule has 92 valence electrons. The molecule has 0 spiro atoms. The third kappa shape index (κ3) is 2.22. The maximum absolute atomic E-state index is 4.41. The van der Waals surface area contributed by atoms with Gasteiger partial charge in [0, 0.05) is 31.6 Å². The molecule has 3 rings (SSSR count). The van der Waals surface area contributed by atoms with Crippen molar-refractivity contribution >= 4 is 27.4 Å². The van der Waals surface area contributed by atoms with Crippen LogP contribution in [0.2, 0.25) is 0 Å². The summed E-state index contributed by atoms with van der Waals surface area (Å²) in [6.45, 7) is 0.878. The van der Waals surface area contributed by atoms with Crippen molar-refractivity contribution in [3.8, 4) is 0 Å². The molecule has 0 aliphatic rings. The van der Waals surface area contributed by atoms with Gasteiger partial charge in [-0.1, -0.05) is 12.1 Å². The quantitative estimate of drug-likeness (QED) is 0.782. The SMILES string of the molecule is Cn1ccc(CCNc2snc3ccccc23)n1. The van der Waals surface area contributed by atoms with Crippen molar-refractivity contribution < 1.29 is 0 Å². The van der Waals surface area contributed by atoms with Crippen LogP contribution in [-0.2, 0) is 13.5 Å². The lowest BCUT2D eigenvalue weighted by Gasteiger charge is -2.01. The van der Waals surface area contributed by atoms with E-state index in [0.29, 0.717) is 0 Å². The van der Waals surface area contributed by atoms with E-state index in [1.807, 2.05) is 42.2 Å². The number of anilines is 1. The van der Waals surface area contributed by atoms with E-state index in [9.17, 15) is 0 Å². The zero-order chi connectivity index (χ0) is 12.4. The minimum atomic E-state index is 0.878. The normalized spacial score (nSPS) is 10.9. The standard InChI is InChI=1S/C13H14N4S/c1-17-9-7-10(15-17)6-8-14-13-11-4-2-3-5-12(11)16-18-13/h2-5,7,9,14H,6,8H2,1H3. The van der Waals surface area contributed by atoms with Crippen molar-refractivity contribution in [1.29, 1.82) is 0 Å². The minimum Gasteiger partial charge on any atom is -0.375 e. The van der Waals surface area contributed by atoms with Crippen LogP contribution in [0.25, 0.3) is 10.9 Å². The van der Waals surface area contributed by atoms with Gasteiger partial charge in [-0.05, 0) is 29.7 Å². The molecule has 0 amide bonds. The van der Waals surface area contributed by atoms with Crippen LogP contribution in [0, 0.1) is 0 Å². The monoisotopic (exact) mass is 258 g/mol. The van der Waals surface area contributed by atoms with Gasteiger partial charge in [-0.25, -0.2) is 0 Å². The highest BCUT2D eigenvalue weighted by Gasteiger charge is 2.04. The van der Waals surface area contributed by atoms with Gasteiger partial charge in [0.15, 0.2) is 0 Å². The van der Waals surface area contributed by atoms with Gasteiger partial charge in [0.2, 0.25) is 0 Å². The molecule has 0 radical (unpaired) electrons. The number of hydrogen-bond donors (Lipinski definition) is 1. The molecule has 0 fully saturated rings. The Hall–Kier alpha value is -1.88. The smallest absolute Gasteiger partial charge is 0.117 e. The summed E-state index contributed by atoms with van der Waals surface area (Å²) >= 11 is 1.52. The lowest BCUT2D eigenvalue weighted by atomic mass is 10.2. The summed E-state index contributed by atoms with van der Waals surface area (Å²) in [6.07, 6.45) is 2.89. The first-order valence-corrected chi connectivity index (χ1v) is 6.67. The van der Waals surface area contributed by atoms with Gasteiger partial charge in [0.1, 0.15) is 5.00 Å². The van der Waals surface area contributed by atoms with E-state index in [1.54, 1.807) is 0 Å². The number of benzene rings is 1. The van der Waals surface area contributed by atoms with E-state index in [4.69, 9.17) is 0 Å². The Bertz CT molecular complexity index is 656. The van der Waals surface area contributed by atoms with Crippen molar-refractivity contribution in [2.24, 2.45) is 7.05 Å². The van der Waals surface area contributed by atoms with E-state index in [1.165, 1.54) is 16.9 Å². The molecule has 4 nitrogen and oxygen atoms in total. The fourth-order valence-electron chi connectivity index (χ4n) is 1.92. The van der Waals surface area contributed by atoms with Crippen LogP contribution in [0.15, 0.2) is 36.5 Å². The van der Waals surface area contributed by atoms with E-state index < -0.39 is 0 Å². The first-order chi connectivity index (χ1) is 8.83. The molecule has 18 heavy (non-hydrogen) atoms. The van der Waals surface area contributed by atoms with Crippen LogP contribution < -0.4 is 5.32 Å². The predicted octanol–water partition coefficient (Wildman–Crippen LogP) is 2.68. The number of aryl methyl sites for hydroxylation is 1. The Balaban J connectivity index is 1.66. The molecule has 1 N–H and O–H groups in total. The van der Waals surface area contributed by atoms with Gasteiger partial charge in [-0.15, -0.1) is 0 Å². The number of aromatic nitrogens is 3. The predicted molar refractivity (Wildman–Crippen MR) is 75.0 cm³/mol. The molecular formula is C13H14N4S. The Morgan fingerprint density at radius 3 is 3.00 bits per heavy atom. The highest BCUT2D eigenvalue weighted by Crippen LogP contribution is 2.26. The zero-order valence-electron chi connectivity index (χ0n) is 10.1. The highest BCUT2D eigenvalue weighted by atomic mass is 32.1. The molecule has 0 unspecified atom stereocenters. The van der Waals surface area contributed by atoms with Crippen molar-refractivity contribution in [3.05, 3.63) is 42.2 Å². The second kappa shape index (κ2) is 4.78. The summed E-state index contributed by atoms with van der Waals surface area (Å²) in [4.78, 5) is 0. The van der Waals surface area contributed by atoms with Gasteiger partial charge in [-0.2, -0.15) is 9.47 Å². The van der Waals surface area contributed by atoms with Crippen LogP contribution in [0.1, 0.15) is 5.69 Å². The van der Waals surface area contributed by atoms with Crippen LogP contribution >= 0.6 is 11.5 Å². The van der Waals surface area contributed by atoms with Crippen LogP contribution in [-0.4, -0.2) is 20.7 Å². The number of nitrogens with zero attached hydrogens (tertiary/aromatic N) is 3. The molecular weight excluding hydrogens is 244 g/mol. The lowest BCUT2D eigenvalue weighted by molar-refractivity contribution is 0.742. The fourth-order valence-corrected chi connectivity index (χ4v) is 2.70. The zero-order valence-corrected chi connectivity index (χ0v) is 10.9. The Labute approximate surface area is 109 Å². The average Bonchev–Trinajstić information content (AvgIpc) is 2.97. The molecule has 5 heteroatoms. The molecule has 0 bridgehead atoms. The van der Waals surface area contributed by atoms with Gasteiger partial charge >= 0.3 is 0 Å². The van der Waals surface area contributed by atoms with Crippen molar-refractivity contribution in [2.45, 2.75) is 6.42 Å². The molecule has 0 atom stereocenters. The van der Waals surface area contributed by atoms with Gasteiger partial charge < -0.3 is 5.32 Å². The topological polar surface area (TPSA) is 42.7 Å². The molecule has 0 saturated carbocycles. The first-order valence-electron chi connectivity index (χ1n) is 5.90. The summed E-state index contributed by atoms with van der Waals surface area (Å²) in [5, 5.41) is 10.1. The lowest BCUT2D eigenvalue weighted by Crippen LogP contribution is -2.04. The molecule has 0 saturated heterocycles. The average molecular weight is 258 g/mol. The summed E-state index contributed by atoms with van der Waals surface area (Å²) < 4.78 is 6.24. The third-order valence-electron chi connectivity index (χ3n) is 2.82. The maximum Gasteiger partial charge on any atom is 0.117 e. The summed E-state index contributed by atoms with van der Waals surface area (Å²) in [5.41, 5.74) is 2.17. The summed E-state index contributed by atoms with van der Waals surface area (Å²) in [6, 6.07) is 10.2. The van der Waals surface area contributed by atoms with Crippen LogP contribution in [0.3, 0.4) is 0 Å². The van der Waals surface area contributed by atoms with Crippen molar-refractivity contribution in [2.75, 3.05) is 11.9 Å². The van der Waals surface area contributed by atoms with E-state index >= 15 is 0 Å². The van der Waals surface area contributed by atoms with Crippen LogP contribution in [0.4, 0.5) is 5.00 Å². The van der Waals surface area contributed by atoms with Gasteiger partial charge in [0.25, 0.3) is 0 Å². The Morgan fingerprint density at radius 2 is 2.17 bits per heavy atom. The minimum absolute atomic E-state index is 0.878. The molecule has 0 aliphatic heterocycles. The first kappa shape index (κ1) is 11.2.